The van der Waals surface area contributed by atoms with Crippen LogP contribution in [0.15, 0.2) is 25.3 Å². The number of aldehydes is 2. The van der Waals surface area contributed by atoms with Crippen molar-refractivity contribution in [3.63, 3.8) is 0 Å². The smallest absolute Gasteiger partial charge is 0.327 e. The number of carboxylic acids is 2. The number of carbonyl (C=O) groups is 4. The summed E-state index contributed by atoms with van der Waals surface area (Å²) >= 11 is 0. The largest absolute Gasteiger partial charge is 0.478 e. The molecule has 2 N–H and O–H groups in total. The second-order valence-electron chi connectivity index (χ2n) is 2.00. The van der Waals surface area contributed by atoms with Gasteiger partial charge in [-0.15, -0.1) is 0 Å². The lowest BCUT2D eigenvalue weighted by Crippen LogP contribution is -1.82. The maximum Gasteiger partial charge on any atom is 0.327 e. The molecule has 0 saturated heterocycles. The minimum atomic E-state index is -0.981. The van der Waals surface area contributed by atoms with Crippen LogP contribution in [0.3, 0.4) is 0 Å². The normalized spacial score (nSPS) is 6.75. The Morgan fingerprint density at radius 1 is 0.875 bits per heavy atom. The van der Waals surface area contributed by atoms with E-state index in [1.807, 2.05) is 0 Å². The Labute approximate surface area is 92.9 Å². The molecule has 0 saturated carbocycles. The first-order valence-corrected chi connectivity index (χ1v) is 4.04. The highest BCUT2D eigenvalue weighted by atomic mass is 16.4. The van der Waals surface area contributed by atoms with E-state index in [1.54, 1.807) is 0 Å². The van der Waals surface area contributed by atoms with Crippen LogP contribution in [0.4, 0.5) is 0 Å². The van der Waals surface area contributed by atoms with Crippen molar-refractivity contribution >= 4 is 24.5 Å². The summed E-state index contributed by atoms with van der Waals surface area (Å²) < 4.78 is 0. The Hall–Kier alpha value is -2.24. The second kappa shape index (κ2) is 18.5. The topological polar surface area (TPSA) is 109 Å². The number of unbranched alkanes of at least 4 members (excludes halogenated alkanes) is 1. The molecule has 16 heavy (non-hydrogen) atoms. The fourth-order valence-electron chi connectivity index (χ4n) is 0.136. The Morgan fingerprint density at radius 3 is 1.12 bits per heavy atom. The van der Waals surface area contributed by atoms with Gasteiger partial charge in [0.2, 0.25) is 0 Å². The molecule has 0 aliphatic heterocycles. The van der Waals surface area contributed by atoms with Gasteiger partial charge in [-0.3, -0.25) is 0 Å². The monoisotopic (exact) mass is 230 g/mol. The molecule has 90 valence electrons. The summed E-state index contributed by atoms with van der Waals surface area (Å²) in [6.07, 6.45) is 3.86. The number of hydrogen-bond donors (Lipinski definition) is 2. The number of aliphatic carboxylic acids is 2. The molecular weight excluding hydrogens is 216 g/mol. The van der Waals surface area contributed by atoms with Crippen molar-refractivity contribution in [1.82, 2.24) is 0 Å². The minimum Gasteiger partial charge on any atom is -0.478 e. The molecule has 0 unspecified atom stereocenters. The van der Waals surface area contributed by atoms with Gasteiger partial charge in [-0.25, -0.2) is 9.59 Å². The van der Waals surface area contributed by atoms with Gasteiger partial charge in [0.25, 0.3) is 0 Å². The van der Waals surface area contributed by atoms with E-state index in [1.165, 1.54) is 0 Å². The highest BCUT2D eigenvalue weighted by Gasteiger charge is 1.74. The van der Waals surface area contributed by atoms with Crippen molar-refractivity contribution in [3.05, 3.63) is 25.3 Å². The molecule has 0 aliphatic carbocycles. The van der Waals surface area contributed by atoms with E-state index < -0.39 is 11.9 Å². The van der Waals surface area contributed by atoms with Crippen LogP contribution in [0, 0.1) is 0 Å². The van der Waals surface area contributed by atoms with Crippen molar-refractivity contribution in [2.75, 3.05) is 0 Å². The zero-order valence-corrected chi connectivity index (χ0v) is 8.67. The lowest BCUT2D eigenvalue weighted by molar-refractivity contribution is -0.132. The quantitative estimate of drug-likeness (QED) is 0.408. The Bertz CT molecular complexity index is 218. The van der Waals surface area contributed by atoms with Gasteiger partial charge >= 0.3 is 11.9 Å². The first-order valence-electron chi connectivity index (χ1n) is 4.04. The van der Waals surface area contributed by atoms with E-state index in [2.05, 4.69) is 13.2 Å². The van der Waals surface area contributed by atoms with E-state index in [9.17, 15) is 19.2 Å². The number of rotatable bonds is 5. The van der Waals surface area contributed by atoms with Crippen LogP contribution >= 0.6 is 0 Å². The maximum absolute atomic E-state index is 9.40. The summed E-state index contributed by atoms with van der Waals surface area (Å²) in [5.74, 6) is -1.96. The lowest BCUT2D eigenvalue weighted by atomic mass is 10.4. The minimum absolute atomic E-state index is 0.365. The Morgan fingerprint density at radius 2 is 1.06 bits per heavy atom. The first-order chi connectivity index (χ1) is 7.45. The van der Waals surface area contributed by atoms with Gasteiger partial charge in [0.15, 0.2) is 0 Å². The molecule has 6 nitrogen and oxygen atoms in total. The molecule has 0 amide bonds. The maximum atomic E-state index is 9.40. The van der Waals surface area contributed by atoms with Crippen molar-refractivity contribution < 1.29 is 29.4 Å². The zero-order chi connectivity index (χ0) is 13.4. The van der Waals surface area contributed by atoms with E-state index in [4.69, 9.17) is 10.2 Å². The van der Waals surface area contributed by atoms with Gasteiger partial charge in [0.05, 0.1) is 0 Å². The molecule has 0 fully saturated rings. The number of carboxylic acid groups (broad SMARTS) is 2. The second-order valence-corrected chi connectivity index (χ2v) is 2.00. The third kappa shape index (κ3) is 60.1. The molecule has 0 radical (unpaired) electrons. The van der Waals surface area contributed by atoms with Crippen molar-refractivity contribution in [3.8, 4) is 0 Å². The summed E-state index contributed by atoms with van der Waals surface area (Å²) in [5.41, 5.74) is 0. The average Bonchev–Trinajstić information content (AvgIpc) is 2.27. The third-order valence-electron chi connectivity index (χ3n) is 0.752. The average molecular weight is 230 g/mol. The Balaban J connectivity index is -0.000000160. The molecule has 0 rings (SSSR count). The van der Waals surface area contributed by atoms with Gasteiger partial charge < -0.3 is 19.8 Å². The summed E-state index contributed by atoms with van der Waals surface area (Å²) in [4.78, 5) is 37.3. The molecular formula is C10H14O6. The molecule has 0 aromatic heterocycles. The predicted molar refractivity (Wildman–Crippen MR) is 57.0 cm³/mol. The van der Waals surface area contributed by atoms with Crippen LogP contribution in [0.25, 0.3) is 0 Å². The van der Waals surface area contributed by atoms with Crippen LogP contribution < -0.4 is 0 Å². The molecule has 6 heteroatoms. The van der Waals surface area contributed by atoms with E-state index >= 15 is 0 Å². The molecule has 0 spiro atoms. The standard InChI is InChI=1S/C4H6O2.2C3H4O2/c5-3-1-2-4-6;2*1-2-3(4)5/h3-4H,1-2H2;2*2H,1H2,(H,4,5). The van der Waals surface area contributed by atoms with Crippen LogP contribution in [-0.2, 0) is 19.2 Å². The fraction of sp³-hybridized carbons (Fsp3) is 0.200. The van der Waals surface area contributed by atoms with Gasteiger partial charge in [0, 0.05) is 25.0 Å². The molecule has 0 bridgehead atoms. The number of carbonyl (C=O) groups excluding carboxylic acids is 2. The van der Waals surface area contributed by atoms with Crippen LogP contribution in [0.5, 0.6) is 0 Å². The van der Waals surface area contributed by atoms with Crippen molar-refractivity contribution in [2.24, 2.45) is 0 Å². The molecule has 0 heterocycles. The molecule has 0 atom stereocenters. The van der Waals surface area contributed by atoms with Crippen LogP contribution in [0.1, 0.15) is 12.8 Å². The van der Waals surface area contributed by atoms with Gasteiger partial charge in [-0.1, -0.05) is 13.2 Å². The molecule has 0 aliphatic rings. The highest BCUT2D eigenvalue weighted by Crippen LogP contribution is 1.72. The lowest BCUT2D eigenvalue weighted by Gasteiger charge is -1.68. The summed E-state index contributed by atoms with van der Waals surface area (Å²) in [6, 6.07) is 0. The number of hydrogen-bond acceptors (Lipinski definition) is 4. The van der Waals surface area contributed by atoms with E-state index in [-0.39, 0.29) is 0 Å². The third-order valence-corrected chi connectivity index (χ3v) is 0.752. The summed E-state index contributed by atoms with van der Waals surface area (Å²) in [6.45, 7) is 5.92. The molecule has 0 aromatic carbocycles. The van der Waals surface area contributed by atoms with Crippen LogP contribution in [0.2, 0.25) is 0 Å². The summed E-state index contributed by atoms with van der Waals surface area (Å²) in [7, 11) is 0. The van der Waals surface area contributed by atoms with Crippen LogP contribution in [-0.4, -0.2) is 34.7 Å². The van der Waals surface area contributed by atoms with Crippen molar-refractivity contribution in [1.29, 1.82) is 0 Å². The van der Waals surface area contributed by atoms with Gasteiger partial charge in [-0.05, 0) is 0 Å². The van der Waals surface area contributed by atoms with Crippen molar-refractivity contribution in [2.45, 2.75) is 12.8 Å². The SMILES string of the molecule is C=CC(=O)O.C=CC(=O)O.O=CCCC=O. The molecule has 0 aromatic rings. The summed E-state index contributed by atoms with van der Waals surface area (Å²) in [5, 5.41) is 15.2. The van der Waals surface area contributed by atoms with E-state index in [0.717, 1.165) is 24.7 Å². The predicted octanol–water partition coefficient (Wildman–Crippen LogP) is 0.678. The fourth-order valence-corrected chi connectivity index (χ4v) is 0.136. The van der Waals surface area contributed by atoms with Gasteiger partial charge in [0.1, 0.15) is 12.6 Å². The van der Waals surface area contributed by atoms with E-state index in [0.29, 0.717) is 12.8 Å². The zero-order valence-electron chi connectivity index (χ0n) is 8.67. The van der Waals surface area contributed by atoms with Gasteiger partial charge in [-0.2, -0.15) is 0 Å². The Kier molecular flexibility index (Phi) is 22.4. The highest BCUT2D eigenvalue weighted by molar-refractivity contribution is 5.79. The first kappa shape index (κ1) is 19.4.